The quantitative estimate of drug-likeness (QED) is 0.602. The van der Waals surface area contributed by atoms with E-state index in [1.54, 1.807) is 22.0 Å². The molecule has 8 heteroatoms. The lowest BCUT2D eigenvalue weighted by atomic mass is 9.79. The van der Waals surface area contributed by atoms with Crippen LogP contribution in [0, 0.1) is 12.3 Å². The molecule has 172 valence electrons. The smallest absolute Gasteiger partial charge is 0.244 e. The molecule has 0 aliphatic carbocycles. The molecule has 0 radical (unpaired) electrons. The predicted octanol–water partition coefficient (Wildman–Crippen LogP) is 2.63. The molecule has 0 spiro atoms. The van der Waals surface area contributed by atoms with Crippen molar-refractivity contribution in [1.82, 2.24) is 30.2 Å². The van der Waals surface area contributed by atoms with E-state index in [-0.39, 0.29) is 24.4 Å². The van der Waals surface area contributed by atoms with Gasteiger partial charge >= 0.3 is 0 Å². The zero-order chi connectivity index (χ0) is 23.4. The standard InChI is InChI=1S/C25H30N6O2/c1-18(2)27-24(33)25(9-11-30(17-25)23(32)16-31-15-19(3)28-29-31)13-20-6-4-7-21(12-20)22-8-5-10-26-14-22/h4-8,10,12,14-15,18H,9,11,13,16-17H2,1-3H3,(H,27,33)/t25-/m1/s1. The molecule has 2 amide bonds. The molecule has 2 aromatic heterocycles. The normalized spacial score (nSPS) is 18.0. The molecule has 0 unspecified atom stereocenters. The predicted molar refractivity (Wildman–Crippen MR) is 125 cm³/mol. The van der Waals surface area contributed by atoms with Crippen molar-refractivity contribution in [1.29, 1.82) is 0 Å². The summed E-state index contributed by atoms with van der Waals surface area (Å²) in [7, 11) is 0. The maximum atomic E-state index is 13.4. The van der Waals surface area contributed by atoms with Crippen molar-refractivity contribution in [2.75, 3.05) is 13.1 Å². The largest absolute Gasteiger partial charge is 0.353 e. The SMILES string of the molecule is Cc1cn(CC(=O)N2CC[C@](Cc3cccc(-c4cccnc4)c3)(C(=O)NC(C)C)C2)nn1. The minimum absolute atomic E-state index is 0.00354. The number of aromatic nitrogens is 4. The van der Waals surface area contributed by atoms with Gasteiger partial charge in [0.15, 0.2) is 0 Å². The highest BCUT2D eigenvalue weighted by molar-refractivity contribution is 5.86. The summed E-state index contributed by atoms with van der Waals surface area (Å²) in [6, 6.07) is 12.2. The molecule has 1 aromatic carbocycles. The van der Waals surface area contributed by atoms with Gasteiger partial charge in [-0.15, -0.1) is 5.10 Å². The Morgan fingerprint density at radius 2 is 2.00 bits per heavy atom. The van der Waals surface area contributed by atoms with Gasteiger partial charge < -0.3 is 10.2 Å². The topological polar surface area (TPSA) is 93.0 Å². The Morgan fingerprint density at radius 3 is 2.70 bits per heavy atom. The highest BCUT2D eigenvalue weighted by Crippen LogP contribution is 2.36. The number of nitrogens with one attached hydrogen (secondary N) is 1. The molecule has 1 aliphatic heterocycles. The van der Waals surface area contributed by atoms with E-state index >= 15 is 0 Å². The number of amides is 2. The molecule has 1 fully saturated rings. The Kier molecular flexibility index (Phi) is 6.53. The lowest BCUT2D eigenvalue weighted by Crippen LogP contribution is -2.47. The lowest BCUT2D eigenvalue weighted by Gasteiger charge is -2.29. The van der Waals surface area contributed by atoms with Crippen LogP contribution >= 0.6 is 0 Å². The number of hydrogen-bond acceptors (Lipinski definition) is 5. The zero-order valence-corrected chi connectivity index (χ0v) is 19.4. The van der Waals surface area contributed by atoms with E-state index in [0.29, 0.717) is 25.9 Å². The molecule has 1 atom stereocenters. The van der Waals surface area contributed by atoms with Gasteiger partial charge in [-0.1, -0.05) is 35.5 Å². The number of aryl methyl sites for hydroxylation is 1. The molecule has 3 aromatic rings. The first-order chi connectivity index (χ1) is 15.8. The maximum Gasteiger partial charge on any atom is 0.244 e. The van der Waals surface area contributed by atoms with Crippen molar-refractivity contribution < 1.29 is 9.59 Å². The summed E-state index contributed by atoms with van der Waals surface area (Å²) >= 11 is 0. The molecule has 1 N–H and O–H groups in total. The van der Waals surface area contributed by atoms with E-state index in [9.17, 15) is 9.59 Å². The summed E-state index contributed by atoms with van der Waals surface area (Å²) in [5.41, 5.74) is 3.25. The number of carbonyl (C=O) groups is 2. The number of hydrogen-bond donors (Lipinski definition) is 1. The summed E-state index contributed by atoms with van der Waals surface area (Å²) in [5.74, 6) is -0.0561. The second kappa shape index (κ2) is 9.52. The monoisotopic (exact) mass is 446 g/mol. The van der Waals surface area contributed by atoms with Gasteiger partial charge in [-0.25, -0.2) is 4.68 Å². The van der Waals surface area contributed by atoms with Gasteiger partial charge in [0.25, 0.3) is 0 Å². The van der Waals surface area contributed by atoms with E-state index in [2.05, 4.69) is 26.7 Å². The van der Waals surface area contributed by atoms with Gasteiger partial charge in [0.05, 0.1) is 11.1 Å². The highest BCUT2D eigenvalue weighted by Gasteiger charge is 2.46. The Bertz CT molecular complexity index is 1130. The van der Waals surface area contributed by atoms with Crippen LogP contribution in [0.25, 0.3) is 11.1 Å². The van der Waals surface area contributed by atoms with E-state index in [1.165, 1.54) is 0 Å². The van der Waals surface area contributed by atoms with Crippen LogP contribution in [0.4, 0.5) is 0 Å². The van der Waals surface area contributed by atoms with Crippen LogP contribution in [-0.4, -0.2) is 55.8 Å². The fourth-order valence-corrected chi connectivity index (χ4v) is 4.41. The van der Waals surface area contributed by atoms with Gasteiger partial charge in [-0.3, -0.25) is 14.6 Å². The molecule has 1 aliphatic rings. The third kappa shape index (κ3) is 5.27. The Balaban J connectivity index is 1.56. The summed E-state index contributed by atoms with van der Waals surface area (Å²) < 4.78 is 1.54. The zero-order valence-electron chi connectivity index (χ0n) is 19.4. The molecule has 8 nitrogen and oxygen atoms in total. The summed E-state index contributed by atoms with van der Waals surface area (Å²) in [4.78, 5) is 32.3. The second-order valence-corrected chi connectivity index (χ2v) is 9.15. The van der Waals surface area contributed by atoms with Crippen molar-refractivity contribution >= 4 is 11.8 Å². The number of pyridine rings is 1. The lowest BCUT2D eigenvalue weighted by molar-refractivity contribution is -0.134. The number of rotatable bonds is 7. The Hall–Kier alpha value is -3.55. The number of benzene rings is 1. The van der Waals surface area contributed by atoms with Crippen LogP contribution in [0.2, 0.25) is 0 Å². The molecule has 0 bridgehead atoms. The van der Waals surface area contributed by atoms with E-state index in [4.69, 9.17) is 0 Å². The summed E-state index contributed by atoms with van der Waals surface area (Å²) in [6.45, 7) is 6.80. The minimum Gasteiger partial charge on any atom is -0.353 e. The molecule has 33 heavy (non-hydrogen) atoms. The number of nitrogens with zero attached hydrogens (tertiary/aromatic N) is 5. The average molecular weight is 447 g/mol. The Morgan fingerprint density at radius 1 is 1.18 bits per heavy atom. The molecule has 4 rings (SSSR count). The van der Waals surface area contributed by atoms with Gasteiger partial charge in [0.2, 0.25) is 11.8 Å². The van der Waals surface area contributed by atoms with Gasteiger partial charge in [0, 0.05) is 37.7 Å². The van der Waals surface area contributed by atoms with Crippen LogP contribution in [0.1, 0.15) is 31.5 Å². The van der Waals surface area contributed by atoms with Crippen molar-refractivity contribution in [3.63, 3.8) is 0 Å². The molecular formula is C25H30N6O2. The van der Waals surface area contributed by atoms with Crippen molar-refractivity contribution in [3.05, 3.63) is 66.2 Å². The third-order valence-corrected chi connectivity index (χ3v) is 6.02. The highest BCUT2D eigenvalue weighted by atomic mass is 16.2. The third-order valence-electron chi connectivity index (χ3n) is 6.02. The summed E-state index contributed by atoms with van der Waals surface area (Å²) in [5, 5.41) is 11.0. The first-order valence-corrected chi connectivity index (χ1v) is 11.3. The minimum atomic E-state index is -0.675. The fourth-order valence-electron chi connectivity index (χ4n) is 4.41. The van der Waals surface area contributed by atoms with Crippen molar-refractivity contribution in [2.24, 2.45) is 5.41 Å². The average Bonchev–Trinajstić information content (AvgIpc) is 3.41. The molecule has 3 heterocycles. The number of carbonyl (C=O) groups excluding carboxylic acids is 2. The molecule has 0 saturated carbocycles. The van der Waals surface area contributed by atoms with Gasteiger partial charge in [-0.05, 0) is 56.4 Å². The number of likely N-dealkylation sites (tertiary alicyclic amines) is 1. The van der Waals surface area contributed by atoms with Gasteiger partial charge in [0.1, 0.15) is 6.54 Å². The van der Waals surface area contributed by atoms with E-state index in [1.807, 2.05) is 57.3 Å². The van der Waals surface area contributed by atoms with Gasteiger partial charge in [-0.2, -0.15) is 0 Å². The van der Waals surface area contributed by atoms with Crippen LogP contribution in [-0.2, 0) is 22.6 Å². The van der Waals surface area contributed by atoms with E-state index < -0.39 is 5.41 Å². The maximum absolute atomic E-state index is 13.4. The van der Waals surface area contributed by atoms with Crippen LogP contribution in [0.5, 0.6) is 0 Å². The van der Waals surface area contributed by atoms with Crippen molar-refractivity contribution in [3.8, 4) is 11.1 Å². The Labute approximate surface area is 194 Å². The van der Waals surface area contributed by atoms with Crippen LogP contribution < -0.4 is 5.32 Å². The second-order valence-electron chi connectivity index (χ2n) is 9.15. The first kappa shape index (κ1) is 22.6. The first-order valence-electron chi connectivity index (χ1n) is 11.3. The van der Waals surface area contributed by atoms with Crippen molar-refractivity contribution in [2.45, 2.75) is 46.2 Å². The van der Waals surface area contributed by atoms with Crippen LogP contribution in [0.15, 0.2) is 55.0 Å². The summed E-state index contributed by atoms with van der Waals surface area (Å²) in [6.07, 6.45) is 6.51. The van der Waals surface area contributed by atoms with Crippen LogP contribution in [0.3, 0.4) is 0 Å². The molecular weight excluding hydrogens is 416 g/mol. The molecule has 1 saturated heterocycles. The van der Waals surface area contributed by atoms with E-state index in [0.717, 1.165) is 22.4 Å². The fraction of sp³-hybridized carbons (Fsp3) is 0.400.